The van der Waals surface area contributed by atoms with Gasteiger partial charge in [0, 0.05) is 42.8 Å². The summed E-state index contributed by atoms with van der Waals surface area (Å²) in [5.74, 6) is 0.443. The number of nitrogens with zero attached hydrogens (tertiary/aromatic N) is 2. The molecule has 1 unspecified atom stereocenters. The van der Waals surface area contributed by atoms with E-state index in [4.69, 9.17) is 0 Å². The highest BCUT2D eigenvalue weighted by atomic mass is 16.2. The van der Waals surface area contributed by atoms with Crippen molar-refractivity contribution in [2.75, 3.05) is 0 Å². The molecule has 3 heterocycles. The maximum Gasteiger partial charge on any atom is 0.255 e. The first-order valence-corrected chi connectivity index (χ1v) is 12.1. The molecule has 0 radical (unpaired) electrons. The first kappa shape index (κ1) is 21.8. The highest BCUT2D eigenvalue weighted by Gasteiger charge is 2.38. The van der Waals surface area contributed by atoms with Crippen molar-refractivity contribution >= 4 is 11.8 Å². The van der Waals surface area contributed by atoms with Crippen molar-refractivity contribution in [3.05, 3.63) is 77.3 Å². The molecule has 2 fully saturated rings. The Balaban J connectivity index is 1.25. The molecule has 6 heteroatoms. The topological polar surface area (TPSA) is 74.3 Å². The zero-order chi connectivity index (χ0) is 22.8. The standard InChI is InChI=1S/C27H32N4O2/c1-18-6-9-25(26(32)30-18)31-17-22-15-20(7-8-23(22)27(31)33)14-21-4-2-3-5-24(21)29-16-19-10-12-28-13-11-19/h7-8,10-13,15,21,24-25,29H,1-6,9,14,16-17H2,(H,30,32)/t21-,24+,25?/m1/s1. The predicted molar refractivity (Wildman–Crippen MR) is 127 cm³/mol. The minimum absolute atomic E-state index is 0.0289. The number of carbonyl (C=O) groups excluding carboxylic acids is 2. The molecule has 2 amide bonds. The average Bonchev–Trinajstić information content (AvgIpc) is 3.14. The van der Waals surface area contributed by atoms with Crippen molar-refractivity contribution in [3.8, 4) is 0 Å². The fraction of sp³-hybridized carbons (Fsp3) is 0.444. The molecular formula is C27H32N4O2. The van der Waals surface area contributed by atoms with Crippen LogP contribution in [0, 0.1) is 5.92 Å². The summed E-state index contributed by atoms with van der Waals surface area (Å²) in [5, 5.41) is 6.59. The molecule has 3 aliphatic rings. The van der Waals surface area contributed by atoms with Crippen molar-refractivity contribution in [1.82, 2.24) is 20.5 Å². The Morgan fingerprint density at radius 1 is 1.06 bits per heavy atom. The van der Waals surface area contributed by atoms with E-state index in [1.807, 2.05) is 18.5 Å². The number of aromatic nitrogens is 1. The van der Waals surface area contributed by atoms with Crippen LogP contribution in [0.4, 0.5) is 0 Å². The van der Waals surface area contributed by atoms with Gasteiger partial charge < -0.3 is 15.5 Å². The van der Waals surface area contributed by atoms with Gasteiger partial charge in [-0.2, -0.15) is 0 Å². The van der Waals surface area contributed by atoms with Gasteiger partial charge >= 0.3 is 0 Å². The van der Waals surface area contributed by atoms with Crippen molar-refractivity contribution in [2.24, 2.45) is 5.92 Å². The van der Waals surface area contributed by atoms with Crippen molar-refractivity contribution in [2.45, 2.75) is 70.1 Å². The summed E-state index contributed by atoms with van der Waals surface area (Å²) in [6.07, 6.45) is 11.0. The molecule has 3 atom stereocenters. The molecule has 2 aliphatic heterocycles. The van der Waals surface area contributed by atoms with E-state index in [0.29, 0.717) is 24.9 Å². The first-order chi connectivity index (χ1) is 16.1. The van der Waals surface area contributed by atoms with Gasteiger partial charge in [-0.3, -0.25) is 14.6 Å². The third-order valence-corrected chi connectivity index (χ3v) is 7.42. The molecule has 6 nitrogen and oxygen atoms in total. The minimum Gasteiger partial charge on any atom is -0.329 e. The molecule has 1 aromatic carbocycles. The Labute approximate surface area is 195 Å². The van der Waals surface area contributed by atoms with E-state index in [0.717, 1.165) is 36.2 Å². The quantitative estimate of drug-likeness (QED) is 0.712. The molecule has 1 aliphatic carbocycles. The molecule has 33 heavy (non-hydrogen) atoms. The Morgan fingerprint density at radius 3 is 2.70 bits per heavy atom. The zero-order valence-corrected chi connectivity index (χ0v) is 19.1. The Hall–Kier alpha value is -2.99. The Kier molecular flexibility index (Phi) is 6.27. The van der Waals surface area contributed by atoms with Crippen LogP contribution in [0.5, 0.6) is 0 Å². The molecule has 0 spiro atoms. The van der Waals surface area contributed by atoms with Gasteiger partial charge in [-0.15, -0.1) is 0 Å². The summed E-state index contributed by atoms with van der Waals surface area (Å²) in [4.78, 5) is 31.3. The Morgan fingerprint density at radius 2 is 1.88 bits per heavy atom. The van der Waals surface area contributed by atoms with E-state index in [9.17, 15) is 9.59 Å². The van der Waals surface area contributed by atoms with Crippen LogP contribution in [0.3, 0.4) is 0 Å². The van der Waals surface area contributed by atoms with E-state index in [1.165, 1.54) is 36.8 Å². The minimum atomic E-state index is -0.404. The number of carbonyl (C=O) groups is 2. The summed E-state index contributed by atoms with van der Waals surface area (Å²) >= 11 is 0. The van der Waals surface area contributed by atoms with Gasteiger partial charge in [-0.1, -0.05) is 31.6 Å². The lowest BCUT2D eigenvalue weighted by Crippen LogP contribution is -2.49. The third-order valence-electron chi connectivity index (χ3n) is 7.42. The second kappa shape index (κ2) is 9.48. The van der Waals surface area contributed by atoms with E-state index in [-0.39, 0.29) is 11.8 Å². The third kappa shape index (κ3) is 4.71. The highest BCUT2D eigenvalue weighted by molar-refractivity contribution is 6.01. The maximum atomic E-state index is 13.0. The number of hydrogen-bond donors (Lipinski definition) is 2. The number of amides is 2. The number of piperidine rings is 1. The summed E-state index contributed by atoms with van der Waals surface area (Å²) in [7, 11) is 0. The number of nitrogens with one attached hydrogen (secondary N) is 2. The van der Waals surface area contributed by atoms with Gasteiger partial charge in [0.15, 0.2) is 0 Å². The van der Waals surface area contributed by atoms with Gasteiger partial charge in [-0.05, 0) is 72.9 Å². The highest BCUT2D eigenvalue weighted by Crippen LogP contribution is 2.32. The molecular weight excluding hydrogens is 412 g/mol. The van der Waals surface area contributed by atoms with Crippen LogP contribution in [0.25, 0.3) is 0 Å². The lowest BCUT2D eigenvalue weighted by atomic mass is 9.80. The van der Waals surface area contributed by atoms with Crippen LogP contribution in [0.2, 0.25) is 0 Å². The number of fused-ring (bicyclic) bond motifs is 1. The van der Waals surface area contributed by atoms with Crippen molar-refractivity contribution < 1.29 is 9.59 Å². The summed E-state index contributed by atoms with van der Waals surface area (Å²) < 4.78 is 0. The first-order valence-electron chi connectivity index (χ1n) is 12.1. The Bertz CT molecular complexity index is 1050. The molecule has 1 aromatic heterocycles. The van der Waals surface area contributed by atoms with Crippen LogP contribution in [-0.4, -0.2) is 33.8 Å². The molecule has 1 saturated heterocycles. The number of pyridine rings is 1. The number of hydrogen-bond acceptors (Lipinski definition) is 4. The van der Waals surface area contributed by atoms with E-state index in [1.54, 1.807) is 4.90 Å². The number of benzene rings is 1. The summed E-state index contributed by atoms with van der Waals surface area (Å²) in [6, 6.07) is 10.5. The van der Waals surface area contributed by atoms with Gasteiger partial charge in [0.05, 0.1) is 0 Å². The van der Waals surface area contributed by atoms with E-state index >= 15 is 0 Å². The second-order valence-corrected chi connectivity index (χ2v) is 9.66. The van der Waals surface area contributed by atoms with Crippen LogP contribution in [0.15, 0.2) is 55.0 Å². The van der Waals surface area contributed by atoms with Gasteiger partial charge in [0.1, 0.15) is 6.04 Å². The van der Waals surface area contributed by atoms with Crippen molar-refractivity contribution in [3.63, 3.8) is 0 Å². The fourth-order valence-corrected chi connectivity index (χ4v) is 5.61. The molecule has 2 N–H and O–H groups in total. The molecule has 0 bridgehead atoms. The number of allylic oxidation sites excluding steroid dienone is 1. The molecule has 2 aromatic rings. The van der Waals surface area contributed by atoms with Crippen LogP contribution < -0.4 is 10.6 Å². The predicted octanol–water partition coefficient (Wildman–Crippen LogP) is 3.72. The van der Waals surface area contributed by atoms with E-state index < -0.39 is 6.04 Å². The smallest absolute Gasteiger partial charge is 0.255 e. The summed E-state index contributed by atoms with van der Waals surface area (Å²) in [6.45, 7) is 5.23. The normalized spacial score (nSPS) is 25.2. The lowest BCUT2D eigenvalue weighted by Gasteiger charge is -2.32. The van der Waals surface area contributed by atoms with Crippen LogP contribution in [0.1, 0.15) is 65.6 Å². The largest absolute Gasteiger partial charge is 0.329 e. The molecule has 172 valence electrons. The molecule has 5 rings (SSSR count). The lowest BCUT2D eigenvalue weighted by molar-refractivity contribution is -0.126. The summed E-state index contributed by atoms with van der Waals surface area (Å²) in [5.41, 5.74) is 5.08. The van der Waals surface area contributed by atoms with Gasteiger partial charge in [-0.25, -0.2) is 0 Å². The maximum absolute atomic E-state index is 13.0. The monoisotopic (exact) mass is 444 g/mol. The fourth-order valence-electron chi connectivity index (χ4n) is 5.61. The molecule has 1 saturated carbocycles. The number of rotatable bonds is 6. The van der Waals surface area contributed by atoms with Gasteiger partial charge in [0.2, 0.25) is 5.91 Å². The SMILES string of the molecule is C=C1CCC(N2Cc3cc(C[C@H]4CCCC[C@@H]4NCc4ccncc4)ccc3C2=O)C(=O)N1. The second-order valence-electron chi connectivity index (χ2n) is 9.66. The zero-order valence-electron chi connectivity index (χ0n) is 19.1. The van der Waals surface area contributed by atoms with Gasteiger partial charge in [0.25, 0.3) is 5.91 Å². The van der Waals surface area contributed by atoms with Crippen molar-refractivity contribution in [1.29, 1.82) is 0 Å². The average molecular weight is 445 g/mol. The van der Waals surface area contributed by atoms with Crippen LogP contribution in [-0.2, 0) is 24.3 Å². The van der Waals surface area contributed by atoms with E-state index in [2.05, 4.69) is 46.5 Å². The van der Waals surface area contributed by atoms with Crippen LogP contribution >= 0.6 is 0 Å².